The fourth-order valence-corrected chi connectivity index (χ4v) is 2.64. The minimum Gasteiger partial charge on any atom is -0.444 e. The number of hydrogen-bond acceptors (Lipinski definition) is 3. The molecule has 25 heavy (non-hydrogen) atoms. The minimum atomic E-state index is -4.61. The predicted octanol–water partition coefficient (Wildman–Crippen LogP) is 3.94. The SMILES string of the molecule is CC(C)(C)OC(=O)N1CCC(NCc2ccc(F)cc2C(F)(F)F)C1. The standard InChI is InChI=1S/C17H22F4N2O2/c1-16(2,3)25-15(24)23-7-6-13(10-23)22-9-11-4-5-12(18)8-14(11)17(19,20)21/h4-5,8,13,22H,6-7,9-10H2,1-3H3. The zero-order chi connectivity index (χ0) is 18.8. The number of nitrogens with one attached hydrogen (secondary N) is 1. The van der Waals surface area contributed by atoms with Crippen molar-refractivity contribution in [2.45, 2.75) is 51.6 Å². The molecule has 1 fully saturated rings. The molecular formula is C17H22F4N2O2. The molecule has 1 heterocycles. The van der Waals surface area contributed by atoms with Crippen molar-refractivity contribution in [3.63, 3.8) is 0 Å². The van der Waals surface area contributed by atoms with Crippen LogP contribution in [-0.2, 0) is 17.5 Å². The molecule has 0 bridgehead atoms. The van der Waals surface area contributed by atoms with Crippen LogP contribution >= 0.6 is 0 Å². The Bertz CT molecular complexity index is 626. The highest BCUT2D eigenvalue weighted by Gasteiger charge is 2.34. The highest BCUT2D eigenvalue weighted by atomic mass is 19.4. The van der Waals surface area contributed by atoms with E-state index in [1.54, 1.807) is 20.8 Å². The lowest BCUT2D eigenvalue weighted by atomic mass is 10.1. The lowest BCUT2D eigenvalue weighted by Gasteiger charge is -2.24. The quantitative estimate of drug-likeness (QED) is 0.828. The Morgan fingerprint density at radius 3 is 2.60 bits per heavy atom. The van der Waals surface area contributed by atoms with Crippen molar-refractivity contribution in [3.8, 4) is 0 Å². The molecule has 0 radical (unpaired) electrons. The van der Waals surface area contributed by atoms with E-state index < -0.39 is 29.3 Å². The normalized spacial score (nSPS) is 18.5. The number of carbonyl (C=O) groups is 1. The van der Waals surface area contributed by atoms with Gasteiger partial charge in [0.1, 0.15) is 11.4 Å². The highest BCUT2D eigenvalue weighted by molar-refractivity contribution is 5.68. The van der Waals surface area contributed by atoms with E-state index in [4.69, 9.17) is 4.74 Å². The van der Waals surface area contributed by atoms with E-state index in [1.807, 2.05) is 0 Å². The Kier molecular flexibility index (Phi) is 5.61. The summed E-state index contributed by atoms with van der Waals surface area (Å²) in [4.78, 5) is 13.5. The van der Waals surface area contributed by atoms with Gasteiger partial charge in [0.25, 0.3) is 0 Å². The predicted molar refractivity (Wildman–Crippen MR) is 84.5 cm³/mol. The van der Waals surface area contributed by atoms with E-state index in [2.05, 4.69) is 5.32 Å². The van der Waals surface area contributed by atoms with E-state index >= 15 is 0 Å². The summed E-state index contributed by atoms with van der Waals surface area (Å²) in [6.45, 7) is 6.08. The second-order valence-corrected chi connectivity index (χ2v) is 7.09. The number of carbonyl (C=O) groups excluding carboxylic acids is 1. The summed E-state index contributed by atoms with van der Waals surface area (Å²) < 4.78 is 57.4. The molecule has 0 spiro atoms. The van der Waals surface area contributed by atoms with Crippen molar-refractivity contribution < 1.29 is 27.1 Å². The molecule has 0 aromatic heterocycles. The summed E-state index contributed by atoms with van der Waals surface area (Å²) >= 11 is 0. The molecular weight excluding hydrogens is 340 g/mol. The van der Waals surface area contributed by atoms with Crippen molar-refractivity contribution in [2.24, 2.45) is 0 Å². The number of rotatable bonds is 3. The molecule has 0 saturated carbocycles. The molecule has 2 rings (SSSR count). The molecule has 4 nitrogen and oxygen atoms in total. The van der Waals surface area contributed by atoms with Crippen molar-refractivity contribution in [1.82, 2.24) is 10.2 Å². The average Bonchev–Trinajstić information content (AvgIpc) is 2.92. The molecule has 1 aliphatic rings. The zero-order valence-corrected chi connectivity index (χ0v) is 14.4. The molecule has 1 atom stereocenters. The summed E-state index contributed by atoms with van der Waals surface area (Å²) in [5, 5.41) is 3.01. The van der Waals surface area contributed by atoms with Crippen molar-refractivity contribution in [1.29, 1.82) is 0 Å². The number of amides is 1. The number of halogens is 4. The number of benzene rings is 1. The van der Waals surface area contributed by atoms with Crippen molar-refractivity contribution in [2.75, 3.05) is 13.1 Å². The van der Waals surface area contributed by atoms with Crippen LogP contribution in [0.5, 0.6) is 0 Å². The van der Waals surface area contributed by atoms with E-state index in [0.29, 0.717) is 25.6 Å². The maximum atomic E-state index is 13.1. The van der Waals surface area contributed by atoms with Crippen LogP contribution in [0.1, 0.15) is 38.3 Å². The Hall–Kier alpha value is -1.83. The van der Waals surface area contributed by atoms with E-state index in [9.17, 15) is 22.4 Å². The minimum absolute atomic E-state index is 0.0235. The van der Waals surface area contributed by atoms with Crippen LogP contribution in [0.15, 0.2) is 18.2 Å². The first kappa shape index (κ1) is 19.5. The third kappa shape index (κ3) is 5.59. The second-order valence-electron chi connectivity index (χ2n) is 7.09. The first-order valence-corrected chi connectivity index (χ1v) is 8.02. The van der Waals surface area contributed by atoms with Gasteiger partial charge in [0.05, 0.1) is 5.56 Å². The monoisotopic (exact) mass is 362 g/mol. The van der Waals surface area contributed by atoms with Crippen molar-refractivity contribution >= 4 is 6.09 Å². The largest absolute Gasteiger partial charge is 0.444 e. The fourth-order valence-electron chi connectivity index (χ4n) is 2.64. The van der Waals surface area contributed by atoms with Crippen LogP contribution in [0.4, 0.5) is 22.4 Å². The van der Waals surface area contributed by atoms with E-state index in [0.717, 1.165) is 12.1 Å². The van der Waals surface area contributed by atoms with Crippen LogP contribution in [0.25, 0.3) is 0 Å². The average molecular weight is 362 g/mol. The van der Waals surface area contributed by atoms with Gasteiger partial charge in [-0.15, -0.1) is 0 Å². The van der Waals surface area contributed by atoms with Gasteiger partial charge in [0.2, 0.25) is 0 Å². The van der Waals surface area contributed by atoms with Crippen LogP contribution in [0, 0.1) is 5.82 Å². The van der Waals surface area contributed by atoms with Crippen LogP contribution in [0.2, 0.25) is 0 Å². The van der Waals surface area contributed by atoms with Gasteiger partial charge in [-0.05, 0) is 44.9 Å². The summed E-state index contributed by atoms with van der Waals surface area (Å²) in [5.74, 6) is -0.923. The summed E-state index contributed by atoms with van der Waals surface area (Å²) in [6.07, 6.45) is -4.44. The number of ether oxygens (including phenoxy) is 1. The molecule has 1 N–H and O–H groups in total. The van der Waals surface area contributed by atoms with E-state index in [1.165, 1.54) is 4.90 Å². The number of nitrogens with zero attached hydrogens (tertiary/aromatic N) is 1. The Morgan fingerprint density at radius 1 is 1.32 bits per heavy atom. The number of likely N-dealkylation sites (tertiary alicyclic amines) is 1. The van der Waals surface area contributed by atoms with Gasteiger partial charge in [0, 0.05) is 25.7 Å². The molecule has 140 valence electrons. The van der Waals surface area contributed by atoms with Crippen LogP contribution in [-0.4, -0.2) is 35.7 Å². The van der Waals surface area contributed by atoms with Gasteiger partial charge < -0.3 is 15.0 Å². The zero-order valence-electron chi connectivity index (χ0n) is 14.4. The second kappa shape index (κ2) is 7.19. The highest BCUT2D eigenvalue weighted by Crippen LogP contribution is 2.32. The smallest absolute Gasteiger partial charge is 0.416 e. The summed E-state index contributed by atoms with van der Waals surface area (Å²) in [6, 6.07) is 2.50. The Balaban J connectivity index is 1.94. The molecule has 1 aromatic carbocycles. The maximum Gasteiger partial charge on any atom is 0.416 e. The van der Waals surface area contributed by atoms with Gasteiger partial charge in [0.15, 0.2) is 0 Å². The Labute approximate surface area is 144 Å². The van der Waals surface area contributed by atoms with Crippen LogP contribution in [0.3, 0.4) is 0 Å². The summed E-state index contributed by atoms with van der Waals surface area (Å²) in [5.41, 5.74) is -1.61. The number of alkyl halides is 3. The van der Waals surface area contributed by atoms with Gasteiger partial charge >= 0.3 is 12.3 Å². The lowest BCUT2D eigenvalue weighted by Crippen LogP contribution is -2.38. The maximum absolute atomic E-state index is 13.1. The molecule has 0 aliphatic carbocycles. The first-order chi connectivity index (χ1) is 11.5. The molecule has 1 aliphatic heterocycles. The molecule has 1 saturated heterocycles. The lowest BCUT2D eigenvalue weighted by molar-refractivity contribution is -0.138. The fraction of sp³-hybridized carbons (Fsp3) is 0.588. The van der Waals surface area contributed by atoms with Crippen molar-refractivity contribution in [3.05, 3.63) is 35.1 Å². The Morgan fingerprint density at radius 2 is 2.00 bits per heavy atom. The molecule has 1 unspecified atom stereocenters. The third-order valence-electron chi connectivity index (χ3n) is 3.80. The molecule has 1 amide bonds. The number of hydrogen-bond donors (Lipinski definition) is 1. The molecule has 8 heteroatoms. The third-order valence-corrected chi connectivity index (χ3v) is 3.80. The topological polar surface area (TPSA) is 41.6 Å². The van der Waals surface area contributed by atoms with Gasteiger partial charge in [-0.2, -0.15) is 13.2 Å². The van der Waals surface area contributed by atoms with Gasteiger partial charge in [-0.25, -0.2) is 9.18 Å². The summed E-state index contributed by atoms with van der Waals surface area (Å²) in [7, 11) is 0. The van der Waals surface area contributed by atoms with Gasteiger partial charge in [-0.1, -0.05) is 6.07 Å². The van der Waals surface area contributed by atoms with Gasteiger partial charge in [-0.3, -0.25) is 0 Å². The van der Waals surface area contributed by atoms with Crippen LogP contribution < -0.4 is 5.32 Å². The first-order valence-electron chi connectivity index (χ1n) is 8.02. The molecule has 1 aromatic rings. The van der Waals surface area contributed by atoms with E-state index in [-0.39, 0.29) is 18.2 Å².